The van der Waals surface area contributed by atoms with Crippen molar-refractivity contribution in [3.8, 4) is 0 Å². The summed E-state index contributed by atoms with van der Waals surface area (Å²) in [6.45, 7) is 23.1. The summed E-state index contributed by atoms with van der Waals surface area (Å²) in [6.07, 6.45) is 0. The Balaban J connectivity index is 2.02. The van der Waals surface area contributed by atoms with E-state index in [9.17, 15) is 14.4 Å². The van der Waals surface area contributed by atoms with Gasteiger partial charge in [-0.05, 0) is 168 Å². The Kier molecular flexibility index (Phi) is 9.34. The van der Waals surface area contributed by atoms with Gasteiger partial charge in [-0.2, -0.15) is 0 Å². The average Bonchev–Trinajstić information content (AvgIpc) is 2.90. The summed E-state index contributed by atoms with van der Waals surface area (Å²) in [7, 11) is 0. The summed E-state index contributed by atoms with van der Waals surface area (Å²) in [4.78, 5) is 40.2. The standard InChI is InChI=1S/3C11H14O2.Al/c3*1-6-5-10(11(12)13)9(4)8(3)7(6)2;/h3*5H,1-4H3,(H,12,13);/q;;;+3/p-3. The largest absolute Gasteiger partial charge is 1.20 e. The van der Waals surface area contributed by atoms with Crippen LogP contribution in [0.5, 0.6) is 0 Å². The van der Waals surface area contributed by atoms with Crippen molar-refractivity contribution in [1.29, 1.82) is 0 Å². The maximum Gasteiger partial charge on any atom is 1.20 e. The van der Waals surface area contributed by atoms with E-state index in [1.807, 2.05) is 83.1 Å². The lowest BCUT2D eigenvalue weighted by atomic mass is 9.95. The van der Waals surface area contributed by atoms with Crippen LogP contribution >= 0.6 is 0 Å². The number of benzene rings is 3. The van der Waals surface area contributed by atoms with E-state index in [2.05, 4.69) is 0 Å². The third kappa shape index (κ3) is 6.01. The van der Waals surface area contributed by atoms with Crippen molar-refractivity contribution in [3.63, 3.8) is 0 Å². The Morgan fingerprint density at radius 2 is 0.625 bits per heavy atom. The molecule has 0 aliphatic heterocycles. The average molecular weight is 559 g/mol. The van der Waals surface area contributed by atoms with Crippen LogP contribution in [0.25, 0.3) is 0 Å². The molecule has 0 bridgehead atoms. The quantitative estimate of drug-likeness (QED) is 0.297. The zero-order chi connectivity index (χ0) is 30.2. The minimum Gasteiger partial charge on any atom is -0.547 e. The van der Waals surface area contributed by atoms with Crippen molar-refractivity contribution < 1.29 is 25.7 Å². The van der Waals surface area contributed by atoms with Crippen LogP contribution < -0.4 is 0 Å². The highest BCUT2D eigenvalue weighted by atomic mass is 27.3. The molecule has 0 N–H and O–H groups in total. The van der Waals surface area contributed by atoms with E-state index < -0.39 is 33.1 Å². The summed E-state index contributed by atoms with van der Waals surface area (Å²) in [6, 6.07) is 5.26. The SMILES string of the molecule is Cc1cc(C(=O)[O][Al]([O]C(=O)c2cc(C)c(C)c(C)c2C)[O]C(=O)c2cc(C)c(C)c(C)c2C)c(C)c(C)c1C. The van der Waals surface area contributed by atoms with E-state index in [0.717, 1.165) is 66.8 Å². The third-order valence-electron chi connectivity index (χ3n) is 8.71. The van der Waals surface area contributed by atoms with E-state index in [4.69, 9.17) is 11.4 Å². The van der Waals surface area contributed by atoms with Gasteiger partial charge in [-0.25, -0.2) is 14.4 Å². The van der Waals surface area contributed by atoms with Crippen molar-refractivity contribution >= 4 is 33.1 Å². The molecule has 3 rings (SSSR count). The zero-order valence-electron chi connectivity index (χ0n) is 25.8. The first-order valence-electron chi connectivity index (χ1n) is 13.4. The maximum absolute atomic E-state index is 13.4. The van der Waals surface area contributed by atoms with Crippen LogP contribution in [0.1, 0.15) is 97.8 Å². The molecule has 0 atom stereocenters. The molecule has 40 heavy (non-hydrogen) atoms. The molecule has 0 aromatic heterocycles. The fourth-order valence-corrected chi connectivity index (χ4v) is 5.85. The van der Waals surface area contributed by atoms with Crippen molar-refractivity contribution in [2.75, 3.05) is 0 Å². The Morgan fingerprint density at radius 3 is 0.850 bits per heavy atom. The Labute approximate surface area is 243 Å². The van der Waals surface area contributed by atoms with Gasteiger partial charge in [-0.15, -0.1) is 0 Å². The van der Waals surface area contributed by atoms with Gasteiger partial charge in [0.2, 0.25) is 0 Å². The zero-order valence-corrected chi connectivity index (χ0v) is 26.9. The predicted octanol–water partition coefficient (Wildman–Crippen LogP) is 7.24. The smallest absolute Gasteiger partial charge is 0.547 e. The number of rotatable bonds is 6. The molecule has 7 heteroatoms. The first-order chi connectivity index (χ1) is 18.6. The third-order valence-corrected chi connectivity index (χ3v) is 9.93. The normalized spacial score (nSPS) is 10.8. The summed E-state index contributed by atoms with van der Waals surface area (Å²) < 4.78 is 17.1. The van der Waals surface area contributed by atoms with Gasteiger partial charge in [0.25, 0.3) is 0 Å². The minimum absolute atomic E-state index is 0.349. The molecule has 0 heterocycles. The van der Waals surface area contributed by atoms with Crippen molar-refractivity contribution in [2.45, 2.75) is 83.1 Å². The van der Waals surface area contributed by atoms with Crippen LogP contribution in [0.15, 0.2) is 18.2 Å². The maximum atomic E-state index is 13.4. The molecule has 0 unspecified atom stereocenters. The molecule has 0 radical (unpaired) electrons. The highest BCUT2D eigenvalue weighted by Crippen LogP contribution is 2.26. The Hall–Kier alpha value is -3.40. The number of hydrogen-bond donors (Lipinski definition) is 0. The van der Waals surface area contributed by atoms with Gasteiger partial charge in [0.05, 0.1) is 16.7 Å². The molecule has 0 saturated carbocycles. The number of carbonyl (C=O) groups excluding carboxylic acids is 3. The number of aryl methyl sites for hydroxylation is 3. The van der Waals surface area contributed by atoms with E-state index in [0.29, 0.717) is 16.7 Å². The molecule has 6 nitrogen and oxygen atoms in total. The predicted molar refractivity (Wildman–Crippen MR) is 158 cm³/mol. The number of carbonyl (C=O) groups is 3. The molecule has 0 saturated heterocycles. The summed E-state index contributed by atoms with van der Waals surface area (Å²) in [5, 5.41) is 0. The molecule has 0 aliphatic carbocycles. The highest BCUT2D eigenvalue weighted by molar-refractivity contribution is 6.45. The fourth-order valence-electron chi connectivity index (χ4n) is 4.80. The molecule has 3 aromatic rings. The van der Waals surface area contributed by atoms with Crippen LogP contribution in [0, 0.1) is 83.1 Å². The molecular weight excluding hydrogens is 519 g/mol. The van der Waals surface area contributed by atoms with Gasteiger partial charge in [0.1, 0.15) is 0 Å². The second-order valence-corrected chi connectivity index (χ2v) is 12.1. The second-order valence-electron chi connectivity index (χ2n) is 10.9. The van der Waals surface area contributed by atoms with Crippen LogP contribution in [0.4, 0.5) is 0 Å². The Morgan fingerprint density at radius 1 is 0.400 bits per heavy atom. The van der Waals surface area contributed by atoms with Gasteiger partial charge in [0, 0.05) is 0 Å². The second kappa shape index (κ2) is 12.0. The summed E-state index contributed by atoms with van der Waals surface area (Å²) in [5.41, 5.74) is 12.3. The lowest BCUT2D eigenvalue weighted by molar-refractivity contribution is 0.0409. The molecule has 0 amide bonds. The van der Waals surface area contributed by atoms with Crippen LogP contribution in [0.3, 0.4) is 0 Å². The van der Waals surface area contributed by atoms with Crippen molar-refractivity contribution in [1.82, 2.24) is 0 Å². The fraction of sp³-hybridized carbons (Fsp3) is 0.364. The molecule has 0 aliphatic rings. The molecular formula is C33H39AlO6. The number of hydrogen-bond acceptors (Lipinski definition) is 6. The van der Waals surface area contributed by atoms with Crippen LogP contribution in [0.2, 0.25) is 0 Å². The van der Waals surface area contributed by atoms with Crippen molar-refractivity contribution in [2.24, 2.45) is 0 Å². The molecule has 210 valence electrons. The lowest BCUT2D eigenvalue weighted by Crippen LogP contribution is -2.35. The van der Waals surface area contributed by atoms with Gasteiger partial charge < -0.3 is 11.4 Å². The van der Waals surface area contributed by atoms with E-state index >= 15 is 0 Å². The van der Waals surface area contributed by atoms with Gasteiger partial charge in [-0.3, -0.25) is 0 Å². The molecule has 0 spiro atoms. The topological polar surface area (TPSA) is 78.9 Å². The van der Waals surface area contributed by atoms with Gasteiger partial charge >= 0.3 is 33.1 Å². The molecule has 0 fully saturated rings. The molecule has 3 aromatic carbocycles. The van der Waals surface area contributed by atoms with Crippen molar-refractivity contribution in [3.05, 3.63) is 102 Å². The monoisotopic (exact) mass is 558 g/mol. The first-order valence-corrected chi connectivity index (χ1v) is 14.8. The van der Waals surface area contributed by atoms with Crippen LogP contribution in [-0.4, -0.2) is 33.1 Å². The first kappa shape index (κ1) is 31.1. The van der Waals surface area contributed by atoms with E-state index in [1.165, 1.54) is 0 Å². The van der Waals surface area contributed by atoms with E-state index in [1.54, 1.807) is 18.2 Å². The minimum atomic E-state index is -3.66. The summed E-state index contributed by atoms with van der Waals surface area (Å²) in [5.74, 6) is -2.08. The lowest BCUT2D eigenvalue weighted by Gasteiger charge is -2.19. The van der Waals surface area contributed by atoms with Gasteiger partial charge in [0.15, 0.2) is 0 Å². The van der Waals surface area contributed by atoms with Crippen LogP contribution in [-0.2, 0) is 11.4 Å². The Bertz CT molecular complexity index is 1370. The highest BCUT2D eigenvalue weighted by Gasteiger charge is 2.50. The van der Waals surface area contributed by atoms with E-state index in [-0.39, 0.29) is 0 Å². The summed E-state index contributed by atoms with van der Waals surface area (Å²) >= 11 is -3.66. The van der Waals surface area contributed by atoms with Gasteiger partial charge in [-0.1, -0.05) is 0 Å².